The van der Waals surface area contributed by atoms with Crippen LogP contribution in [0.15, 0.2) is 34.1 Å². The van der Waals surface area contributed by atoms with Crippen LogP contribution < -0.4 is 0 Å². The van der Waals surface area contributed by atoms with E-state index in [4.69, 9.17) is 0 Å². The summed E-state index contributed by atoms with van der Waals surface area (Å²) in [6.07, 6.45) is 5.77. The summed E-state index contributed by atoms with van der Waals surface area (Å²) in [4.78, 5) is 0. The van der Waals surface area contributed by atoms with Crippen molar-refractivity contribution >= 4 is 11.8 Å². The van der Waals surface area contributed by atoms with Crippen molar-refractivity contribution in [2.75, 3.05) is 0 Å². The molecule has 2 unspecified atom stereocenters. The van der Waals surface area contributed by atoms with Gasteiger partial charge in [-0.05, 0) is 6.92 Å². The molecule has 0 aliphatic heterocycles. The van der Waals surface area contributed by atoms with Crippen molar-refractivity contribution in [3.8, 4) is 11.8 Å². The molecule has 0 aromatic heterocycles. The number of rotatable bonds is 4. The van der Waals surface area contributed by atoms with Crippen molar-refractivity contribution in [2.45, 2.75) is 24.3 Å². The maximum absolute atomic E-state index is 2.99. The van der Waals surface area contributed by atoms with Crippen LogP contribution >= 0.6 is 11.8 Å². The van der Waals surface area contributed by atoms with Gasteiger partial charge in [0.05, 0.1) is 0 Å². The summed E-state index contributed by atoms with van der Waals surface area (Å²) in [6, 6.07) is 0. The molecule has 0 saturated carbocycles. The molecule has 0 heterocycles. The smallest absolute Gasteiger partial charge is 0.225 e. The van der Waals surface area contributed by atoms with Crippen molar-refractivity contribution in [3.05, 3.63) is 46.2 Å². The molecule has 0 bridgehead atoms. The van der Waals surface area contributed by atoms with Crippen LogP contribution in [0.5, 0.6) is 0 Å². The van der Waals surface area contributed by atoms with Crippen molar-refractivity contribution in [2.24, 2.45) is 0 Å². The minimum atomic E-state index is 0. The van der Waals surface area contributed by atoms with E-state index in [1.807, 2.05) is 11.8 Å². The van der Waals surface area contributed by atoms with Gasteiger partial charge in [-0.3, -0.25) is 11.5 Å². The third kappa shape index (κ3) is 2.97. The van der Waals surface area contributed by atoms with Gasteiger partial charge in [0, 0.05) is 22.3 Å². The Balaban J connectivity index is 0.00000128. The van der Waals surface area contributed by atoms with Crippen LogP contribution in [0.4, 0.5) is 0 Å². The van der Waals surface area contributed by atoms with Crippen molar-refractivity contribution in [1.82, 2.24) is 0 Å². The molecule has 2 heteroatoms. The Morgan fingerprint density at radius 1 is 1.31 bits per heavy atom. The second kappa shape index (κ2) is 5.87. The first kappa shape index (κ1) is 13.0. The van der Waals surface area contributed by atoms with E-state index < -0.39 is 0 Å². The fraction of sp³-hybridized carbons (Fsp3) is 0.286. The summed E-state index contributed by atoms with van der Waals surface area (Å²) in [5.74, 6) is 5.77. The third-order valence-electron chi connectivity index (χ3n) is 2.13. The Bertz CT molecular complexity index is 545. The van der Waals surface area contributed by atoms with E-state index in [1.54, 1.807) is 0 Å². The third-order valence-corrected chi connectivity index (χ3v) is 3.42. The topological polar surface area (TPSA) is 0 Å². The summed E-state index contributed by atoms with van der Waals surface area (Å²) in [5.41, 5.74) is 13.6. The number of thioether (sulfide) groups is 1. The van der Waals surface area contributed by atoms with Crippen LogP contribution in [0, 0.1) is 24.0 Å². The Labute approximate surface area is 111 Å². The van der Waals surface area contributed by atoms with Gasteiger partial charge in [0.1, 0.15) is 11.0 Å². The normalized spacial score (nSPS) is 16.9. The summed E-state index contributed by atoms with van der Waals surface area (Å²) >= 11 is 1.81. The molecule has 2 atom stereocenters. The van der Waals surface area contributed by atoms with Gasteiger partial charge >= 0.3 is 0 Å². The van der Waals surface area contributed by atoms with Gasteiger partial charge in [0.2, 0.25) is 5.57 Å². The molecule has 0 amide bonds. The van der Waals surface area contributed by atoms with E-state index in [9.17, 15) is 0 Å². The Kier molecular flexibility index (Phi) is 4.77. The predicted molar refractivity (Wildman–Crippen MR) is 61.9 cm³/mol. The zero-order valence-corrected chi connectivity index (χ0v) is 10.8. The summed E-state index contributed by atoms with van der Waals surface area (Å²) < 4.78 is 0. The molecule has 16 heavy (non-hydrogen) atoms. The first-order chi connectivity index (χ1) is 7.27. The molecule has 0 fully saturated rings. The van der Waals surface area contributed by atoms with Crippen molar-refractivity contribution in [1.29, 1.82) is 0 Å². The SMILES string of the molecule is CC(SC(C)C1=C=C=C=[C-]1)C1=C=[C+]C#C1.[Fe]. The van der Waals surface area contributed by atoms with Crippen LogP contribution in [0.3, 0.4) is 0 Å². The van der Waals surface area contributed by atoms with Crippen molar-refractivity contribution in [3.63, 3.8) is 0 Å². The van der Waals surface area contributed by atoms with E-state index in [-0.39, 0.29) is 17.1 Å². The molecule has 0 spiro atoms. The fourth-order valence-corrected chi connectivity index (χ4v) is 2.43. The van der Waals surface area contributed by atoms with Gasteiger partial charge in [0.25, 0.3) is 0 Å². The minimum Gasteiger partial charge on any atom is -0.290 e. The molecule has 2 aliphatic carbocycles. The molecule has 0 aromatic carbocycles. The summed E-state index contributed by atoms with van der Waals surface area (Å²) in [5, 5.41) is 0.665. The molecular formula is C14H8FeS. The zero-order valence-electron chi connectivity index (χ0n) is 8.92. The second-order valence-corrected chi connectivity index (χ2v) is 4.93. The Hall–Kier alpha value is -1.06. The average Bonchev–Trinajstić information content (AvgIpc) is 2.91. The monoisotopic (exact) mass is 264 g/mol. The fourth-order valence-electron chi connectivity index (χ4n) is 1.31. The van der Waals surface area contributed by atoms with Gasteiger partial charge in [-0.1, -0.05) is 6.92 Å². The zero-order chi connectivity index (χ0) is 10.7. The molecule has 2 rings (SSSR count). The molecule has 0 radical (unpaired) electrons. The quantitative estimate of drug-likeness (QED) is 0.325. The maximum atomic E-state index is 2.99. The van der Waals surface area contributed by atoms with Crippen molar-refractivity contribution < 1.29 is 17.1 Å². The minimum absolute atomic E-state index is 0. The standard InChI is InChI=1S/C14H8S.Fe/c1-11(13-7-3-4-8-13)15-12(2)14-9-5-6-10-14;/h11-12H,1-2H3;. The van der Waals surface area contributed by atoms with Gasteiger partial charge in [-0.2, -0.15) is 0 Å². The first-order valence-corrected chi connectivity index (χ1v) is 5.65. The van der Waals surface area contributed by atoms with Crippen LogP contribution in [-0.2, 0) is 17.1 Å². The number of allylic oxidation sites excluding steroid dienone is 1. The maximum Gasteiger partial charge on any atom is 0.225 e. The first-order valence-electron chi connectivity index (χ1n) is 4.70. The van der Waals surface area contributed by atoms with E-state index in [0.717, 1.165) is 11.1 Å². The molecule has 0 aromatic rings. The van der Waals surface area contributed by atoms with Crippen LogP contribution in [0.25, 0.3) is 0 Å². The van der Waals surface area contributed by atoms with E-state index in [1.165, 1.54) is 0 Å². The van der Waals surface area contributed by atoms with Gasteiger partial charge in [-0.25, -0.2) is 5.73 Å². The van der Waals surface area contributed by atoms with E-state index in [0.29, 0.717) is 10.5 Å². The van der Waals surface area contributed by atoms with Gasteiger partial charge in [-0.15, -0.1) is 23.4 Å². The second-order valence-electron chi connectivity index (χ2n) is 3.25. The van der Waals surface area contributed by atoms with E-state index >= 15 is 0 Å². The molecule has 0 nitrogen and oxygen atoms in total. The Morgan fingerprint density at radius 3 is 2.69 bits per heavy atom. The molecular weight excluding hydrogens is 256 g/mol. The van der Waals surface area contributed by atoms with Crippen LogP contribution in [0.2, 0.25) is 0 Å². The van der Waals surface area contributed by atoms with Gasteiger partial charge in [0.15, 0.2) is 17.9 Å². The Morgan fingerprint density at radius 2 is 2.12 bits per heavy atom. The predicted octanol–water partition coefficient (Wildman–Crippen LogP) is 2.60. The summed E-state index contributed by atoms with van der Waals surface area (Å²) in [6.45, 7) is 4.25. The molecule has 0 N–H and O–H groups in total. The largest absolute Gasteiger partial charge is 0.290 e. The van der Waals surface area contributed by atoms with Crippen LogP contribution in [0.1, 0.15) is 13.8 Å². The average molecular weight is 264 g/mol. The van der Waals surface area contributed by atoms with E-state index in [2.05, 4.69) is 60.8 Å². The number of hydrogen-bond donors (Lipinski definition) is 0. The number of hydrogen-bond acceptors (Lipinski definition) is 1. The summed E-state index contributed by atoms with van der Waals surface area (Å²) in [7, 11) is 0. The molecule has 78 valence electrons. The molecule has 0 saturated heterocycles. The molecule has 2 aliphatic rings. The van der Waals surface area contributed by atoms with Crippen LogP contribution in [-0.4, -0.2) is 10.5 Å². The van der Waals surface area contributed by atoms with Gasteiger partial charge < -0.3 is 0 Å².